The molecule has 0 aliphatic carbocycles. The molecule has 6 nitrogen and oxygen atoms in total. The first-order valence-electron chi connectivity index (χ1n) is 9.66. The molecule has 25 heavy (non-hydrogen) atoms. The van der Waals surface area contributed by atoms with Crippen molar-refractivity contribution in [1.82, 2.24) is 4.90 Å². The molecule has 1 fully saturated rings. The number of nitrogens with zero attached hydrogens (tertiary/aromatic N) is 1. The van der Waals surface area contributed by atoms with E-state index in [1.54, 1.807) is 0 Å². The maximum absolute atomic E-state index is 11.8. The van der Waals surface area contributed by atoms with Crippen LogP contribution >= 0.6 is 0 Å². The maximum atomic E-state index is 11.8. The molecule has 0 bridgehead atoms. The Labute approximate surface area is 152 Å². The van der Waals surface area contributed by atoms with Crippen LogP contribution < -0.4 is 0 Å². The molecule has 0 spiro atoms. The summed E-state index contributed by atoms with van der Waals surface area (Å²) in [5, 5.41) is 0. The molecule has 0 aromatic rings. The van der Waals surface area contributed by atoms with Gasteiger partial charge in [-0.05, 0) is 39.9 Å². The first kappa shape index (κ1) is 21.9. The predicted octanol–water partition coefficient (Wildman–Crippen LogP) is 3.28. The average molecular weight is 357 g/mol. The molecule has 6 heteroatoms. The molecule has 0 saturated carbocycles. The third-order valence-electron chi connectivity index (χ3n) is 4.23. The van der Waals surface area contributed by atoms with Gasteiger partial charge in [-0.2, -0.15) is 0 Å². The van der Waals surface area contributed by atoms with Gasteiger partial charge in [0, 0.05) is 19.3 Å². The molecule has 1 aliphatic rings. The van der Waals surface area contributed by atoms with Crippen LogP contribution in [0, 0.1) is 0 Å². The van der Waals surface area contributed by atoms with Crippen molar-refractivity contribution < 1.29 is 23.8 Å². The van der Waals surface area contributed by atoms with E-state index in [1.807, 2.05) is 19.0 Å². The van der Waals surface area contributed by atoms with Crippen molar-refractivity contribution in [1.29, 1.82) is 0 Å². The Kier molecular flexibility index (Phi) is 11.5. The molecule has 0 amide bonds. The van der Waals surface area contributed by atoms with E-state index in [2.05, 4.69) is 6.92 Å². The van der Waals surface area contributed by atoms with E-state index < -0.39 is 6.29 Å². The van der Waals surface area contributed by atoms with Gasteiger partial charge in [-0.15, -0.1) is 0 Å². The third kappa shape index (κ3) is 11.2. The van der Waals surface area contributed by atoms with E-state index in [0.717, 1.165) is 32.2 Å². The molecule has 1 unspecified atom stereocenters. The number of unbranched alkanes of at least 4 members (excludes halogenated alkanes) is 4. The topological polar surface area (TPSA) is 65.1 Å². The summed E-state index contributed by atoms with van der Waals surface area (Å²) in [7, 11) is 3.95. The number of rotatable bonds is 13. The lowest BCUT2D eigenvalue weighted by atomic mass is 10.1. The van der Waals surface area contributed by atoms with Crippen molar-refractivity contribution in [2.45, 2.75) is 83.5 Å². The zero-order valence-corrected chi connectivity index (χ0v) is 16.1. The van der Waals surface area contributed by atoms with Gasteiger partial charge in [-0.3, -0.25) is 9.59 Å². The predicted molar refractivity (Wildman–Crippen MR) is 96.1 cm³/mol. The van der Waals surface area contributed by atoms with Crippen molar-refractivity contribution in [2.75, 3.05) is 27.2 Å². The third-order valence-corrected chi connectivity index (χ3v) is 4.23. The molecule has 0 aromatic carbocycles. The molecule has 0 N–H and O–H groups in total. The van der Waals surface area contributed by atoms with Gasteiger partial charge in [0.25, 0.3) is 0 Å². The van der Waals surface area contributed by atoms with E-state index in [4.69, 9.17) is 14.2 Å². The summed E-state index contributed by atoms with van der Waals surface area (Å²) in [6, 6.07) is 0. The van der Waals surface area contributed by atoms with E-state index >= 15 is 0 Å². The Bertz CT molecular complexity index is 386. The minimum atomic E-state index is -0.486. The number of hydrogen-bond donors (Lipinski definition) is 0. The molecule has 1 heterocycles. The smallest absolute Gasteiger partial charge is 0.308 e. The summed E-state index contributed by atoms with van der Waals surface area (Å²) in [4.78, 5) is 25.5. The van der Waals surface area contributed by atoms with Crippen LogP contribution in [-0.2, 0) is 23.8 Å². The van der Waals surface area contributed by atoms with Gasteiger partial charge in [0.15, 0.2) is 0 Å². The van der Waals surface area contributed by atoms with Gasteiger partial charge < -0.3 is 19.1 Å². The Morgan fingerprint density at radius 2 is 1.72 bits per heavy atom. The zero-order valence-electron chi connectivity index (χ0n) is 16.1. The van der Waals surface area contributed by atoms with Crippen LogP contribution in [0.1, 0.15) is 71.1 Å². The van der Waals surface area contributed by atoms with Crippen molar-refractivity contribution in [3.8, 4) is 0 Å². The SMILES string of the molecule is CCCCCCCC(=O)O[C@H]1CCC(COC(=O)CCCN(C)C)O1. The summed E-state index contributed by atoms with van der Waals surface area (Å²) in [6.07, 6.45) is 7.96. The maximum Gasteiger partial charge on any atom is 0.308 e. The lowest BCUT2D eigenvalue weighted by Crippen LogP contribution is -2.23. The fourth-order valence-electron chi connectivity index (χ4n) is 2.76. The number of carbonyl (C=O) groups excluding carboxylic acids is 2. The highest BCUT2D eigenvalue weighted by Crippen LogP contribution is 2.22. The summed E-state index contributed by atoms with van der Waals surface area (Å²) in [6.45, 7) is 3.28. The largest absolute Gasteiger partial charge is 0.463 e. The van der Waals surface area contributed by atoms with Crippen LogP contribution in [-0.4, -0.2) is 56.5 Å². The van der Waals surface area contributed by atoms with Crippen molar-refractivity contribution in [3.63, 3.8) is 0 Å². The van der Waals surface area contributed by atoms with Crippen molar-refractivity contribution in [3.05, 3.63) is 0 Å². The number of carbonyl (C=O) groups is 2. The number of hydrogen-bond acceptors (Lipinski definition) is 6. The van der Waals surface area contributed by atoms with Crippen molar-refractivity contribution >= 4 is 11.9 Å². The molecule has 0 radical (unpaired) electrons. The minimum absolute atomic E-state index is 0.167. The van der Waals surface area contributed by atoms with E-state index in [0.29, 0.717) is 19.3 Å². The van der Waals surface area contributed by atoms with E-state index in [-0.39, 0.29) is 24.6 Å². The highest BCUT2D eigenvalue weighted by molar-refractivity contribution is 5.69. The van der Waals surface area contributed by atoms with Gasteiger partial charge in [0.1, 0.15) is 6.61 Å². The van der Waals surface area contributed by atoms with Crippen LogP contribution in [0.5, 0.6) is 0 Å². The van der Waals surface area contributed by atoms with Crippen molar-refractivity contribution in [2.24, 2.45) is 0 Å². The molecule has 2 atom stereocenters. The van der Waals surface area contributed by atoms with E-state index in [1.165, 1.54) is 19.3 Å². The fourth-order valence-corrected chi connectivity index (χ4v) is 2.76. The summed E-state index contributed by atoms with van der Waals surface area (Å²) >= 11 is 0. The van der Waals surface area contributed by atoms with Crippen LogP contribution in [0.25, 0.3) is 0 Å². The Balaban J connectivity index is 2.06. The van der Waals surface area contributed by atoms with Gasteiger partial charge >= 0.3 is 11.9 Å². The normalized spacial score (nSPS) is 20.0. The molecule has 146 valence electrons. The van der Waals surface area contributed by atoms with Crippen LogP contribution in [0.2, 0.25) is 0 Å². The second-order valence-corrected chi connectivity index (χ2v) is 7.01. The second kappa shape index (κ2) is 13.1. The first-order valence-corrected chi connectivity index (χ1v) is 9.66. The highest BCUT2D eigenvalue weighted by atomic mass is 16.7. The molecule has 1 aliphatic heterocycles. The average Bonchev–Trinajstić information content (AvgIpc) is 3.00. The Morgan fingerprint density at radius 1 is 1.00 bits per heavy atom. The number of ether oxygens (including phenoxy) is 3. The fraction of sp³-hybridized carbons (Fsp3) is 0.895. The molecular weight excluding hydrogens is 322 g/mol. The van der Waals surface area contributed by atoms with Crippen LogP contribution in [0.3, 0.4) is 0 Å². The van der Waals surface area contributed by atoms with Gasteiger partial charge in [0.2, 0.25) is 6.29 Å². The monoisotopic (exact) mass is 357 g/mol. The summed E-state index contributed by atoms with van der Waals surface area (Å²) in [5.74, 6) is -0.388. The van der Waals surface area contributed by atoms with Gasteiger partial charge in [0.05, 0.1) is 6.10 Å². The molecule has 0 aromatic heterocycles. The van der Waals surface area contributed by atoms with Crippen LogP contribution in [0.4, 0.5) is 0 Å². The minimum Gasteiger partial charge on any atom is -0.463 e. The Morgan fingerprint density at radius 3 is 2.44 bits per heavy atom. The summed E-state index contributed by atoms with van der Waals surface area (Å²) < 4.78 is 16.2. The van der Waals surface area contributed by atoms with Gasteiger partial charge in [-0.1, -0.05) is 32.6 Å². The quantitative estimate of drug-likeness (QED) is 0.372. The Hall–Kier alpha value is -1.14. The number of esters is 2. The molecular formula is C19H35NO5. The van der Waals surface area contributed by atoms with Crippen LogP contribution in [0.15, 0.2) is 0 Å². The zero-order chi connectivity index (χ0) is 18.5. The summed E-state index contributed by atoms with van der Waals surface area (Å²) in [5.41, 5.74) is 0. The first-order chi connectivity index (χ1) is 12.0. The molecule has 1 saturated heterocycles. The lowest BCUT2D eigenvalue weighted by molar-refractivity contribution is -0.180. The van der Waals surface area contributed by atoms with E-state index in [9.17, 15) is 9.59 Å². The van der Waals surface area contributed by atoms with Gasteiger partial charge in [-0.25, -0.2) is 0 Å². The highest BCUT2D eigenvalue weighted by Gasteiger charge is 2.28. The second-order valence-electron chi connectivity index (χ2n) is 7.01. The standard InChI is InChI=1S/C19H35NO5/c1-4-5-6-7-8-10-18(22)25-19-13-12-16(24-19)15-23-17(21)11-9-14-20(2)3/h16,19H,4-15H2,1-3H3/t16?,19-/m0/s1. The lowest BCUT2D eigenvalue weighted by Gasteiger charge is -2.15. The molecule has 1 rings (SSSR count).